The number of benzene rings is 2. The van der Waals surface area contributed by atoms with Gasteiger partial charge in [0.25, 0.3) is 0 Å². The fraction of sp³-hybridized carbons (Fsp3) is 0.280. The second-order valence-electron chi connectivity index (χ2n) is 8.40. The molecule has 1 atom stereocenters. The van der Waals surface area contributed by atoms with Crippen molar-refractivity contribution >= 4 is 33.2 Å². The van der Waals surface area contributed by atoms with E-state index in [9.17, 15) is 18.0 Å². The van der Waals surface area contributed by atoms with Gasteiger partial charge in [-0.25, -0.2) is 8.42 Å². The Morgan fingerprint density at radius 2 is 1.71 bits per heavy atom. The quantitative estimate of drug-likeness (QED) is 0.519. The average molecular weight is 498 g/mol. The van der Waals surface area contributed by atoms with Crippen molar-refractivity contribution in [2.45, 2.75) is 30.3 Å². The summed E-state index contributed by atoms with van der Waals surface area (Å²) in [7, 11) is -3.94. The molecule has 1 aromatic heterocycles. The molecule has 0 aliphatic carbocycles. The number of thiophene rings is 1. The summed E-state index contributed by atoms with van der Waals surface area (Å²) in [5.41, 5.74) is -0.441. The van der Waals surface area contributed by atoms with Crippen molar-refractivity contribution in [3.05, 3.63) is 88.6 Å². The lowest BCUT2D eigenvalue weighted by molar-refractivity contribution is -0.152. The molecule has 0 saturated carbocycles. The van der Waals surface area contributed by atoms with Crippen LogP contribution in [0.5, 0.6) is 0 Å². The van der Waals surface area contributed by atoms with E-state index in [2.05, 4.69) is 5.32 Å². The van der Waals surface area contributed by atoms with Crippen LogP contribution in [0.2, 0.25) is 0 Å². The lowest BCUT2D eigenvalue weighted by Gasteiger charge is -2.46. The van der Waals surface area contributed by atoms with E-state index in [0.717, 1.165) is 14.7 Å². The van der Waals surface area contributed by atoms with Gasteiger partial charge < -0.3 is 10.2 Å². The standard InChI is InChI=1S/C25H27N3O4S2/c1-25(24(30)26-17-20-9-4-2-5-10-20)19-27(34(31,32)22-12-6-3-7-13-22)18-23(29)28(25)15-14-21-11-8-16-33-21/h2-13,16H,14-15,17-19H2,1H3,(H,26,30)/t25-/m0/s1. The van der Waals surface area contributed by atoms with Gasteiger partial charge in [-0.05, 0) is 42.5 Å². The summed E-state index contributed by atoms with van der Waals surface area (Å²) in [4.78, 5) is 29.5. The van der Waals surface area contributed by atoms with Gasteiger partial charge in [-0.3, -0.25) is 9.59 Å². The maximum absolute atomic E-state index is 13.5. The summed E-state index contributed by atoms with van der Waals surface area (Å²) in [6.45, 7) is 1.83. The Kier molecular flexibility index (Phi) is 7.16. The first-order valence-electron chi connectivity index (χ1n) is 11.0. The highest BCUT2D eigenvalue weighted by molar-refractivity contribution is 7.89. The van der Waals surface area contributed by atoms with E-state index in [-0.39, 0.29) is 36.3 Å². The van der Waals surface area contributed by atoms with Gasteiger partial charge in [0.05, 0.1) is 11.4 Å². The molecule has 1 fully saturated rings. The van der Waals surface area contributed by atoms with Crippen LogP contribution in [0.1, 0.15) is 17.4 Å². The second-order valence-corrected chi connectivity index (χ2v) is 11.4. The van der Waals surface area contributed by atoms with E-state index in [1.165, 1.54) is 17.0 Å². The number of sulfonamides is 1. The van der Waals surface area contributed by atoms with Gasteiger partial charge in [-0.2, -0.15) is 4.31 Å². The van der Waals surface area contributed by atoms with Gasteiger partial charge in [0, 0.05) is 24.5 Å². The largest absolute Gasteiger partial charge is 0.350 e. The van der Waals surface area contributed by atoms with Crippen LogP contribution < -0.4 is 5.32 Å². The van der Waals surface area contributed by atoms with E-state index >= 15 is 0 Å². The van der Waals surface area contributed by atoms with Gasteiger partial charge in [0.15, 0.2) is 0 Å². The molecule has 4 rings (SSSR count). The van der Waals surface area contributed by atoms with Crippen LogP contribution in [0.15, 0.2) is 83.1 Å². The third-order valence-corrected chi connectivity index (χ3v) is 8.76. The van der Waals surface area contributed by atoms with Crippen LogP contribution in [-0.2, 0) is 32.6 Å². The molecule has 2 aromatic carbocycles. The average Bonchev–Trinajstić information content (AvgIpc) is 3.36. The maximum Gasteiger partial charge on any atom is 0.247 e. The van der Waals surface area contributed by atoms with Crippen molar-refractivity contribution in [2.24, 2.45) is 0 Å². The van der Waals surface area contributed by atoms with E-state index in [4.69, 9.17) is 0 Å². The van der Waals surface area contributed by atoms with Crippen molar-refractivity contribution < 1.29 is 18.0 Å². The molecule has 2 amide bonds. The number of piperazine rings is 1. The molecule has 34 heavy (non-hydrogen) atoms. The number of hydrogen-bond donors (Lipinski definition) is 1. The Balaban J connectivity index is 1.61. The summed E-state index contributed by atoms with van der Waals surface area (Å²) in [5, 5.41) is 4.88. The van der Waals surface area contributed by atoms with Crippen LogP contribution in [0.3, 0.4) is 0 Å². The predicted octanol–water partition coefficient (Wildman–Crippen LogP) is 2.90. The topological polar surface area (TPSA) is 86.8 Å². The monoisotopic (exact) mass is 497 g/mol. The minimum Gasteiger partial charge on any atom is -0.350 e. The van der Waals surface area contributed by atoms with Gasteiger partial charge in [0.1, 0.15) is 5.54 Å². The maximum atomic E-state index is 13.5. The van der Waals surface area contributed by atoms with Gasteiger partial charge in [-0.15, -0.1) is 11.3 Å². The van der Waals surface area contributed by atoms with Crippen LogP contribution in [0.4, 0.5) is 0 Å². The molecule has 178 valence electrons. The molecule has 7 nitrogen and oxygen atoms in total. The number of hydrogen-bond acceptors (Lipinski definition) is 5. The zero-order chi connectivity index (χ0) is 24.2. The van der Waals surface area contributed by atoms with Crippen molar-refractivity contribution in [1.29, 1.82) is 0 Å². The molecule has 1 N–H and O–H groups in total. The van der Waals surface area contributed by atoms with E-state index in [1.807, 2.05) is 47.8 Å². The smallest absolute Gasteiger partial charge is 0.247 e. The van der Waals surface area contributed by atoms with Gasteiger partial charge in [0.2, 0.25) is 21.8 Å². The number of carbonyl (C=O) groups is 2. The highest BCUT2D eigenvalue weighted by Crippen LogP contribution is 2.28. The molecule has 0 spiro atoms. The zero-order valence-electron chi connectivity index (χ0n) is 18.9. The molecule has 0 radical (unpaired) electrons. The summed E-state index contributed by atoms with van der Waals surface area (Å²) in [6.07, 6.45) is 0.594. The van der Waals surface area contributed by atoms with Crippen LogP contribution in [-0.4, -0.2) is 54.6 Å². The first-order valence-corrected chi connectivity index (χ1v) is 13.3. The predicted molar refractivity (Wildman–Crippen MR) is 132 cm³/mol. The first-order chi connectivity index (χ1) is 16.3. The summed E-state index contributed by atoms with van der Waals surface area (Å²) < 4.78 is 27.7. The third-order valence-electron chi connectivity index (χ3n) is 6.02. The Hall–Kier alpha value is -3.01. The third kappa shape index (κ3) is 5.06. The van der Waals surface area contributed by atoms with Crippen molar-refractivity contribution in [2.75, 3.05) is 19.6 Å². The Labute approximate surface area is 204 Å². The number of nitrogens with zero attached hydrogens (tertiary/aromatic N) is 2. The van der Waals surface area contributed by atoms with E-state index in [0.29, 0.717) is 13.0 Å². The summed E-state index contributed by atoms with van der Waals surface area (Å²) >= 11 is 1.59. The molecule has 1 aliphatic rings. The highest BCUT2D eigenvalue weighted by Gasteiger charge is 2.50. The molecule has 0 unspecified atom stereocenters. The van der Waals surface area contributed by atoms with Crippen molar-refractivity contribution in [1.82, 2.24) is 14.5 Å². The SMILES string of the molecule is C[C@@]1(C(=O)NCc2ccccc2)CN(S(=O)(=O)c2ccccc2)CC(=O)N1CCc1cccs1. The Morgan fingerprint density at radius 1 is 1.03 bits per heavy atom. The number of rotatable bonds is 8. The summed E-state index contributed by atoms with van der Waals surface area (Å²) in [6, 6.07) is 21.4. The van der Waals surface area contributed by atoms with E-state index < -0.39 is 15.6 Å². The lowest BCUT2D eigenvalue weighted by atomic mass is 9.95. The normalized spacial score (nSPS) is 19.2. The number of carbonyl (C=O) groups excluding carboxylic acids is 2. The second kappa shape index (κ2) is 10.1. The summed E-state index contributed by atoms with van der Waals surface area (Å²) in [5.74, 6) is -0.775. The lowest BCUT2D eigenvalue weighted by Crippen LogP contribution is -2.69. The van der Waals surface area contributed by atoms with Crippen molar-refractivity contribution in [3.8, 4) is 0 Å². The molecule has 3 aromatic rings. The van der Waals surface area contributed by atoms with Crippen LogP contribution >= 0.6 is 11.3 Å². The molecule has 1 saturated heterocycles. The zero-order valence-corrected chi connectivity index (χ0v) is 20.5. The Bertz CT molecular complexity index is 1230. The first kappa shape index (κ1) is 24.1. The Morgan fingerprint density at radius 3 is 2.35 bits per heavy atom. The van der Waals surface area contributed by atoms with Crippen LogP contribution in [0, 0.1) is 0 Å². The van der Waals surface area contributed by atoms with Gasteiger partial charge >= 0.3 is 0 Å². The minimum atomic E-state index is -3.94. The molecular formula is C25H27N3O4S2. The molecule has 0 bridgehead atoms. The molecule has 1 aliphatic heterocycles. The van der Waals surface area contributed by atoms with Crippen molar-refractivity contribution in [3.63, 3.8) is 0 Å². The fourth-order valence-electron chi connectivity index (χ4n) is 4.12. The van der Waals surface area contributed by atoms with Crippen LogP contribution in [0.25, 0.3) is 0 Å². The number of nitrogens with one attached hydrogen (secondary N) is 1. The fourth-order valence-corrected chi connectivity index (χ4v) is 6.32. The molecule has 2 heterocycles. The highest BCUT2D eigenvalue weighted by atomic mass is 32.2. The van der Waals surface area contributed by atoms with Gasteiger partial charge in [-0.1, -0.05) is 54.6 Å². The molecular weight excluding hydrogens is 470 g/mol. The number of amides is 2. The van der Waals surface area contributed by atoms with E-state index in [1.54, 1.807) is 36.5 Å². The minimum absolute atomic E-state index is 0.0990. The molecule has 9 heteroatoms.